The largest absolute Gasteiger partial charge is 0.481 e. The molecule has 0 unspecified atom stereocenters. The number of hydrogen-bond donors (Lipinski definition) is 2. The number of nitrogens with one attached hydrogen (secondary N) is 1. The zero-order valence-electron chi connectivity index (χ0n) is 10.8. The van der Waals surface area contributed by atoms with Crippen LogP contribution in [0, 0.1) is 0 Å². The zero-order valence-corrected chi connectivity index (χ0v) is 11.6. The van der Waals surface area contributed by atoms with E-state index >= 15 is 0 Å². The van der Waals surface area contributed by atoms with Gasteiger partial charge in [-0.3, -0.25) is 9.48 Å². The van der Waals surface area contributed by atoms with Crippen LogP contribution in [0.4, 0.5) is 10.8 Å². The summed E-state index contributed by atoms with van der Waals surface area (Å²) < 4.78 is 1.86. The number of nitrogens with zero attached hydrogens (tertiary/aromatic N) is 3. The number of thiazole rings is 1. The van der Waals surface area contributed by atoms with E-state index in [1.54, 1.807) is 6.20 Å². The van der Waals surface area contributed by atoms with Crippen LogP contribution in [0.2, 0.25) is 0 Å². The fourth-order valence-electron chi connectivity index (χ4n) is 1.52. The van der Waals surface area contributed by atoms with E-state index in [1.165, 1.54) is 11.3 Å². The molecule has 19 heavy (non-hydrogen) atoms. The molecule has 6 nitrogen and oxygen atoms in total. The van der Waals surface area contributed by atoms with Crippen LogP contribution in [0.5, 0.6) is 0 Å². The zero-order chi connectivity index (χ0) is 13.8. The van der Waals surface area contributed by atoms with E-state index in [0.717, 1.165) is 16.5 Å². The number of carboxylic acids is 1. The molecule has 0 amide bonds. The first kappa shape index (κ1) is 13.5. The number of carboxylic acid groups (broad SMARTS) is 1. The van der Waals surface area contributed by atoms with Crippen LogP contribution >= 0.6 is 11.3 Å². The molecule has 0 aliphatic carbocycles. The van der Waals surface area contributed by atoms with Gasteiger partial charge in [0.05, 0.1) is 24.0 Å². The van der Waals surface area contributed by atoms with Crippen LogP contribution in [0.1, 0.15) is 32.0 Å². The third-order valence-corrected chi connectivity index (χ3v) is 3.34. The van der Waals surface area contributed by atoms with E-state index in [2.05, 4.69) is 29.2 Å². The van der Waals surface area contributed by atoms with Crippen LogP contribution in [0.25, 0.3) is 0 Å². The van der Waals surface area contributed by atoms with Gasteiger partial charge in [0.1, 0.15) is 0 Å². The Morgan fingerprint density at radius 1 is 1.58 bits per heavy atom. The molecular formula is C12H16N4O2S. The van der Waals surface area contributed by atoms with Crippen molar-refractivity contribution >= 4 is 28.1 Å². The SMILES string of the molecule is CC(C)n1cc(Nc2nc(CCC(=O)O)cs2)cn1. The van der Waals surface area contributed by atoms with Gasteiger partial charge in [-0.1, -0.05) is 0 Å². The first-order chi connectivity index (χ1) is 9.04. The molecule has 0 atom stereocenters. The Morgan fingerprint density at radius 2 is 2.37 bits per heavy atom. The van der Waals surface area contributed by atoms with Crippen molar-refractivity contribution in [3.63, 3.8) is 0 Å². The number of aliphatic carboxylic acids is 1. The summed E-state index contributed by atoms with van der Waals surface area (Å²) in [6.07, 6.45) is 4.23. The lowest BCUT2D eigenvalue weighted by molar-refractivity contribution is -0.136. The van der Waals surface area contributed by atoms with Crippen LogP contribution < -0.4 is 5.32 Å². The van der Waals surface area contributed by atoms with Crippen LogP contribution in [-0.4, -0.2) is 25.8 Å². The minimum Gasteiger partial charge on any atom is -0.481 e. The first-order valence-electron chi connectivity index (χ1n) is 6.02. The molecule has 102 valence electrons. The summed E-state index contributed by atoms with van der Waals surface area (Å²) in [5.41, 5.74) is 1.68. The second-order valence-electron chi connectivity index (χ2n) is 4.47. The van der Waals surface area contributed by atoms with Crippen molar-refractivity contribution in [2.45, 2.75) is 32.7 Å². The van der Waals surface area contributed by atoms with E-state index in [0.29, 0.717) is 12.5 Å². The van der Waals surface area contributed by atoms with Crippen LogP contribution in [0.3, 0.4) is 0 Å². The molecule has 7 heteroatoms. The highest BCUT2D eigenvalue weighted by atomic mass is 32.1. The molecule has 0 saturated carbocycles. The fraction of sp³-hybridized carbons (Fsp3) is 0.417. The minimum atomic E-state index is -0.805. The van der Waals surface area contributed by atoms with Gasteiger partial charge in [0.15, 0.2) is 5.13 Å². The normalized spacial score (nSPS) is 10.9. The van der Waals surface area contributed by atoms with Gasteiger partial charge < -0.3 is 10.4 Å². The van der Waals surface area contributed by atoms with E-state index in [1.807, 2.05) is 16.3 Å². The second-order valence-corrected chi connectivity index (χ2v) is 5.32. The molecule has 2 N–H and O–H groups in total. The van der Waals surface area contributed by atoms with Gasteiger partial charge in [0.25, 0.3) is 0 Å². The van der Waals surface area contributed by atoms with Crippen LogP contribution in [-0.2, 0) is 11.2 Å². The predicted molar refractivity (Wildman–Crippen MR) is 74.0 cm³/mol. The lowest BCUT2D eigenvalue weighted by Crippen LogP contribution is -2.00. The molecule has 0 fully saturated rings. The van der Waals surface area contributed by atoms with Crippen molar-refractivity contribution < 1.29 is 9.90 Å². The molecule has 2 rings (SSSR count). The van der Waals surface area contributed by atoms with Crippen molar-refractivity contribution in [1.82, 2.24) is 14.8 Å². The van der Waals surface area contributed by atoms with Gasteiger partial charge >= 0.3 is 5.97 Å². The molecule has 2 aromatic heterocycles. The van der Waals surface area contributed by atoms with Gasteiger partial charge in [-0.2, -0.15) is 5.10 Å². The molecule has 2 aromatic rings. The van der Waals surface area contributed by atoms with E-state index in [9.17, 15) is 4.79 Å². The summed E-state index contributed by atoms with van der Waals surface area (Å²) >= 11 is 1.46. The smallest absolute Gasteiger partial charge is 0.303 e. The molecule has 0 aromatic carbocycles. The van der Waals surface area contributed by atoms with E-state index < -0.39 is 5.97 Å². The first-order valence-corrected chi connectivity index (χ1v) is 6.90. The highest BCUT2D eigenvalue weighted by Crippen LogP contribution is 2.21. The lowest BCUT2D eigenvalue weighted by Gasteiger charge is -2.03. The Hall–Kier alpha value is -1.89. The third kappa shape index (κ3) is 3.78. The lowest BCUT2D eigenvalue weighted by atomic mass is 10.2. The third-order valence-electron chi connectivity index (χ3n) is 2.53. The molecule has 0 bridgehead atoms. The van der Waals surface area contributed by atoms with Crippen molar-refractivity contribution in [2.75, 3.05) is 5.32 Å². The fourth-order valence-corrected chi connectivity index (χ4v) is 2.29. The summed E-state index contributed by atoms with van der Waals surface area (Å²) in [4.78, 5) is 14.8. The molecular weight excluding hydrogens is 264 g/mol. The van der Waals surface area contributed by atoms with Crippen molar-refractivity contribution in [1.29, 1.82) is 0 Å². The molecule has 2 heterocycles. The standard InChI is InChI=1S/C12H16N4O2S/c1-8(2)16-6-10(5-13-16)15-12-14-9(7-19-12)3-4-11(17)18/h5-8H,3-4H2,1-2H3,(H,14,15)(H,17,18). The number of aryl methyl sites for hydroxylation is 1. The Balaban J connectivity index is 1.97. The molecule has 0 radical (unpaired) electrons. The topological polar surface area (TPSA) is 80.0 Å². The number of rotatable bonds is 6. The van der Waals surface area contributed by atoms with Crippen molar-refractivity contribution in [3.05, 3.63) is 23.5 Å². The average molecular weight is 280 g/mol. The minimum absolute atomic E-state index is 0.106. The maximum absolute atomic E-state index is 10.5. The van der Waals surface area contributed by atoms with Crippen LogP contribution in [0.15, 0.2) is 17.8 Å². The summed E-state index contributed by atoms with van der Waals surface area (Å²) in [5, 5.41) is 18.6. The summed E-state index contributed by atoms with van der Waals surface area (Å²) in [6.45, 7) is 4.12. The van der Waals surface area contributed by atoms with Crippen molar-refractivity contribution in [2.24, 2.45) is 0 Å². The highest BCUT2D eigenvalue weighted by Gasteiger charge is 2.06. The molecule has 0 spiro atoms. The number of aromatic nitrogens is 3. The molecule has 0 aliphatic rings. The van der Waals surface area contributed by atoms with Gasteiger partial charge in [0.2, 0.25) is 0 Å². The van der Waals surface area contributed by atoms with E-state index in [4.69, 9.17) is 5.11 Å². The van der Waals surface area contributed by atoms with Gasteiger partial charge in [-0.15, -0.1) is 11.3 Å². The number of carbonyl (C=O) groups is 1. The predicted octanol–water partition coefficient (Wildman–Crippen LogP) is 2.68. The monoisotopic (exact) mass is 280 g/mol. The summed E-state index contributed by atoms with van der Waals surface area (Å²) in [7, 11) is 0. The number of hydrogen-bond acceptors (Lipinski definition) is 5. The van der Waals surface area contributed by atoms with E-state index in [-0.39, 0.29) is 6.42 Å². The van der Waals surface area contributed by atoms with Crippen molar-refractivity contribution in [3.8, 4) is 0 Å². The van der Waals surface area contributed by atoms with Gasteiger partial charge in [-0.05, 0) is 13.8 Å². The maximum Gasteiger partial charge on any atom is 0.303 e. The molecule has 0 saturated heterocycles. The van der Waals surface area contributed by atoms with Gasteiger partial charge in [-0.25, -0.2) is 4.98 Å². The summed E-state index contributed by atoms with van der Waals surface area (Å²) in [5.74, 6) is -0.805. The Bertz CT molecular complexity index is 562. The number of anilines is 2. The second kappa shape index (κ2) is 5.83. The molecule has 0 aliphatic heterocycles. The Labute approximate surface area is 115 Å². The highest BCUT2D eigenvalue weighted by molar-refractivity contribution is 7.13. The Morgan fingerprint density at radius 3 is 3.00 bits per heavy atom. The quantitative estimate of drug-likeness (QED) is 0.850. The maximum atomic E-state index is 10.5. The summed E-state index contributed by atoms with van der Waals surface area (Å²) in [6, 6.07) is 0.318. The average Bonchev–Trinajstić information content (AvgIpc) is 2.96. The van der Waals surface area contributed by atoms with Gasteiger partial charge in [0, 0.05) is 24.0 Å². The Kier molecular flexibility index (Phi) is 4.16.